The van der Waals surface area contributed by atoms with Crippen LogP contribution in [0.3, 0.4) is 0 Å². The number of carboxylic acids is 1. The Bertz CT molecular complexity index is 1050. The molecule has 0 radical (unpaired) electrons. The summed E-state index contributed by atoms with van der Waals surface area (Å²) in [5.74, 6) is -4.41. The smallest absolute Gasteiger partial charge is 0.326 e. The van der Waals surface area contributed by atoms with Gasteiger partial charge in [-0.25, -0.2) is 4.79 Å². The van der Waals surface area contributed by atoms with E-state index < -0.39 is 60.2 Å². The lowest BCUT2D eigenvalue weighted by Crippen LogP contribution is -2.57. The third-order valence-electron chi connectivity index (χ3n) is 4.92. The number of para-hydroxylation sites is 1. The van der Waals surface area contributed by atoms with Gasteiger partial charge in [0.25, 0.3) is 0 Å². The highest BCUT2D eigenvalue weighted by molar-refractivity contribution is 5.95. The number of carbonyl (C=O) groups excluding carboxylic acids is 4. The summed E-state index contributed by atoms with van der Waals surface area (Å²) in [6.45, 7) is 2.88. The van der Waals surface area contributed by atoms with Crippen LogP contribution >= 0.6 is 0 Å². The summed E-state index contributed by atoms with van der Waals surface area (Å²) in [5.41, 5.74) is 12.1. The van der Waals surface area contributed by atoms with Crippen molar-refractivity contribution in [1.29, 1.82) is 0 Å². The van der Waals surface area contributed by atoms with E-state index in [1.807, 2.05) is 24.3 Å². The molecular weight excluding hydrogens is 432 g/mol. The topological polar surface area (TPSA) is 209 Å². The molecule has 2 aromatic rings. The van der Waals surface area contributed by atoms with Crippen molar-refractivity contribution in [2.24, 2.45) is 11.5 Å². The van der Waals surface area contributed by atoms with Crippen LogP contribution in [0.15, 0.2) is 30.5 Å². The highest BCUT2D eigenvalue weighted by Gasteiger charge is 2.30. The van der Waals surface area contributed by atoms with Crippen LogP contribution in [0.25, 0.3) is 10.9 Å². The molecule has 12 heteroatoms. The summed E-state index contributed by atoms with van der Waals surface area (Å²) >= 11 is 0. The first kappa shape index (κ1) is 25.3. The average Bonchev–Trinajstić information content (AvgIpc) is 3.14. The minimum absolute atomic E-state index is 0.0124. The zero-order chi connectivity index (χ0) is 24.7. The maximum Gasteiger partial charge on any atom is 0.326 e. The van der Waals surface area contributed by atoms with Gasteiger partial charge in [0.2, 0.25) is 23.6 Å². The van der Waals surface area contributed by atoms with Crippen LogP contribution in [-0.2, 0) is 30.4 Å². The van der Waals surface area contributed by atoms with Crippen LogP contribution in [0.2, 0.25) is 0 Å². The molecule has 0 fully saturated rings. The zero-order valence-corrected chi connectivity index (χ0v) is 18.3. The standard InChI is InChI=1S/C21H28N6O6/c1-10(22)18(29)25-11(2)19(30)26-15(20(31)27-16(21(32)33)8-17(23)28)7-12-9-24-14-6-4-3-5-13(12)14/h3-6,9-11,15-16,24H,7-8,22H2,1-2H3,(H2,23,28)(H,25,29)(H,26,30)(H,27,31)(H,32,33). The SMILES string of the molecule is CC(N)C(=O)NC(C)C(=O)NC(Cc1c[nH]c2ccccc12)C(=O)NC(CC(N)=O)C(=O)O. The highest BCUT2D eigenvalue weighted by Crippen LogP contribution is 2.19. The van der Waals surface area contributed by atoms with E-state index >= 15 is 0 Å². The van der Waals surface area contributed by atoms with Crippen molar-refractivity contribution < 1.29 is 29.1 Å². The number of hydrogen-bond acceptors (Lipinski definition) is 6. The largest absolute Gasteiger partial charge is 0.480 e. The number of aromatic nitrogens is 1. The number of nitrogens with two attached hydrogens (primary N) is 2. The minimum atomic E-state index is -1.56. The van der Waals surface area contributed by atoms with Crippen LogP contribution < -0.4 is 27.4 Å². The number of nitrogens with one attached hydrogen (secondary N) is 4. The Morgan fingerprint density at radius 2 is 1.61 bits per heavy atom. The maximum absolute atomic E-state index is 12.9. The van der Waals surface area contributed by atoms with E-state index in [0.717, 1.165) is 10.9 Å². The summed E-state index contributed by atoms with van der Waals surface area (Å²) in [6.07, 6.45) is 1.07. The van der Waals surface area contributed by atoms with Gasteiger partial charge < -0.3 is 37.5 Å². The molecule has 0 aliphatic rings. The second-order valence-electron chi connectivity index (χ2n) is 7.71. The number of amides is 4. The number of fused-ring (bicyclic) bond motifs is 1. The monoisotopic (exact) mass is 460 g/mol. The van der Waals surface area contributed by atoms with E-state index in [2.05, 4.69) is 20.9 Å². The Balaban J connectivity index is 2.25. The molecule has 2 rings (SSSR count). The molecule has 33 heavy (non-hydrogen) atoms. The number of aromatic amines is 1. The molecule has 4 unspecified atom stereocenters. The van der Waals surface area contributed by atoms with Gasteiger partial charge >= 0.3 is 5.97 Å². The molecule has 178 valence electrons. The van der Waals surface area contributed by atoms with E-state index in [1.54, 1.807) is 6.20 Å². The van der Waals surface area contributed by atoms with Gasteiger partial charge in [-0.2, -0.15) is 0 Å². The molecule has 0 saturated carbocycles. The number of carboxylic acid groups (broad SMARTS) is 1. The van der Waals surface area contributed by atoms with E-state index in [1.165, 1.54) is 13.8 Å². The molecule has 1 heterocycles. The predicted molar refractivity (Wildman–Crippen MR) is 119 cm³/mol. The van der Waals surface area contributed by atoms with Crippen molar-refractivity contribution in [2.45, 2.75) is 50.9 Å². The second-order valence-corrected chi connectivity index (χ2v) is 7.71. The molecule has 9 N–H and O–H groups in total. The Morgan fingerprint density at radius 1 is 0.970 bits per heavy atom. The lowest BCUT2D eigenvalue weighted by molar-refractivity contribution is -0.143. The molecule has 4 amide bonds. The Labute approximate surface area is 189 Å². The number of aliphatic carboxylic acids is 1. The fourth-order valence-corrected chi connectivity index (χ4v) is 3.11. The van der Waals surface area contributed by atoms with Gasteiger partial charge in [0.15, 0.2) is 0 Å². The van der Waals surface area contributed by atoms with Gasteiger partial charge in [-0.05, 0) is 25.5 Å². The first-order valence-electron chi connectivity index (χ1n) is 10.2. The number of hydrogen-bond donors (Lipinski definition) is 7. The van der Waals surface area contributed by atoms with Crippen molar-refractivity contribution in [2.75, 3.05) is 0 Å². The van der Waals surface area contributed by atoms with E-state index in [0.29, 0.717) is 5.56 Å². The quantitative estimate of drug-likeness (QED) is 0.210. The number of H-pyrrole nitrogens is 1. The van der Waals surface area contributed by atoms with Gasteiger partial charge in [0, 0.05) is 23.5 Å². The summed E-state index contributed by atoms with van der Waals surface area (Å²) in [4.78, 5) is 63.1. The van der Waals surface area contributed by atoms with Gasteiger partial charge in [0.05, 0.1) is 12.5 Å². The lowest BCUT2D eigenvalue weighted by atomic mass is 10.0. The van der Waals surface area contributed by atoms with Crippen LogP contribution in [0.1, 0.15) is 25.8 Å². The fourth-order valence-electron chi connectivity index (χ4n) is 3.11. The van der Waals surface area contributed by atoms with Crippen molar-refractivity contribution in [1.82, 2.24) is 20.9 Å². The summed E-state index contributed by atoms with van der Waals surface area (Å²) in [5, 5.41) is 17.3. The van der Waals surface area contributed by atoms with Gasteiger partial charge in [-0.15, -0.1) is 0 Å². The molecule has 4 atom stereocenters. The van der Waals surface area contributed by atoms with Crippen molar-refractivity contribution >= 4 is 40.5 Å². The Kier molecular flexibility index (Phi) is 8.51. The molecular formula is C21H28N6O6. The average molecular weight is 460 g/mol. The first-order valence-corrected chi connectivity index (χ1v) is 10.2. The Morgan fingerprint density at radius 3 is 2.21 bits per heavy atom. The van der Waals surface area contributed by atoms with Crippen molar-refractivity contribution in [3.05, 3.63) is 36.0 Å². The number of rotatable bonds is 11. The lowest BCUT2D eigenvalue weighted by Gasteiger charge is -2.23. The third kappa shape index (κ3) is 7.04. The van der Waals surface area contributed by atoms with Gasteiger partial charge in [-0.3, -0.25) is 19.2 Å². The summed E-state index contributed by atoms with van der Waals surface area (Å²) < 4.78 is 0. The van der Waals surface area contributed by atoms with Crippen molar-refractivity contribution in [3.8, 4) is 0 Å². The molecule has 1 aromatic heterocycles. The fraction of sp³-hybridized carbons (Fsp3) is 0.381. The summed E-state index contributed by atoms with van der Waals surface area (Å²) in [6, 6.07) is 2.69. The molecule has 0 aliphatic heterocycles. The number of primary amides is 1. The maximum atomic E-state index is 12.9. The van der Waals surface area contributed by atoms with Gasteiger partial charge in [-0.1, -0.05) is 18.2 Å². The molecule has 0 bridgehead atoms. The number of benzene rings is 1. The van der Waals surface area contributed by atoms with Crippen LogP contribution in [0.5, 0.6) is 0 Å². The van der Waals surface area contributed by atoms with Crippen LogP contribution in [-0.4, -0.2) is 63.9 Å². The third-order valence-corrected chi connectivity index (χ3v) is 4.92. The van der Waals surface area contributed by atoms with Gasteiger partial charge in [0.1, 0.15) is 18.1 Å². The number of carbonyl (C=O) groups is 5. The Hall–Kier alpha value is -3.93. The second kappa shape index (κ2) is 11.1. The van der Waals surface area contributed by atoms with E-state index in [9.17, 15) is 29.1 Å². The van der Waals surface area contributed by atoms with Crippen molar-refractivity contribution in [3.63, 3.8) is 0 Å². The normalized spacial score (nSPS) is 14.5. The summed E-state index contributed by atoms with van der Waals surface area (Å²) in [7, 11) is 0. The predicted octanol–water partition coefficient (Wildman–Crippen LogP) is -1.51. The zero-order valence-electron chi connectivity index (χ0n) is 18.3. The molecule has 0 aliphatic carbocycles. The molecule has 1 aromatic carbocycles. The first-order chi connectivity index (χ1) is 15.5. The van der Waals surface area contributed by atoms with E-state index in [4.69, 9.17) is 11.5 Å². The van der Waals surface area contributed by atoms with E-state index in [-0.39, 0.29) is 6.42 Å². The molecule has 12 nitrogen and oxygen atoms in total. The molecule has 0 saturated heterocycles. The van der Waals surface area contributed by atoms with Crippen LogP contribution in [0.4, 0.5) is 0 Å². The molecule has 0 spiro atoms. The highest BCUT2D eigenvalue weighted by atomic mass is 16.4. The minimum Gasteiger partial charge on any atom is -0.480 e. The van der Waals surface area contributed by atoms with Crippen LogP contribution in [0, 0.1) is 0 Å².